The Hall–Kier alpha value is -2.04. The summed E-state index contributed by atoms with van der Waals surface area (Å²) in [4.78, 5) is 12.1. The fourth-order valence-electron chi connectivity index (χ4n) is 2.07. The normalized spacial score (nSPS) is 11.8. The molecule has 0 fully saturated rings. The predicted molar refractivity (Wildman–Crippen MR) is 86.5 cm³/mol. The third kappa shape index (κ3) is 4.48. The van der Waals surface area contributed by atoms with E-state index >= 15 is 0 Å². The van der Waals surface area contributed by atoms with Crippen molar-refractivity contribution in [1.82, 2.24) is 5.32 Å². The van der Waals surface area contributed by atoms with Crippen molar-refractivity contribution in [3.05, 3.63) is 64.7 Å². The van der Waals surface area contributed by atoms with E-state index in [0.717, 1.165) is 5.56 Å². The Morgan fingerprint density at radius 1 is 1.27 bits per heavy atom. The van der Waals surface area contributed by atoms with Gasteiger partial charge in [-0.3, -0.25) is 4.79 Å². The molecule has 2 rings (SSSR count). The second-order valence-electron chi connectivity index (χ2n) is 4.90. The van der Waals surface area contributed by atoms with Crippen molar-refractivity contribution in [2.24, 2.45) is 0 Å². The van der Waals surface area contributed by atoms with Gasteiger partial charge in [0.05, 0.1) is 18.2 Å². The molecule has 22 heavy (non-hydrogen) atoms. The lowest BCUT2D eigenvalue weighted by Crippen LogP contribution is -2.33. The van der Waals surface area contributed by atoms with Gasteiger partial charge in [-0.2, -0.15) is 0 Å². The van der Waals surface area contributed by atoms with Gasteiger partial charge < -0.3 is 15.2 Å². The summed E-state index contributed by atoms with van der Waals surface area (Å²) in [7, 11) is 1.49. The summed E-state index contributed by atoms with van der Waals surface area (Å²) in [5.74, 6) is 0.168. The van der Waals surface area contributed by atoms with E-state index in [4.69, 9.17) is 16.3 Å². The van der Waals surface area contributed by atoms with Crippen molar-refractivity contribution < 1.29 is 14.6 Å². The fraction of sp³-hybridized carbons (Fsp3) is 0.235. The van der Waals surface area contributed by atoms with E-state index in [2.05, 4.69) is 5.32 Å². The Bertz CT molecular complexity index is 631. The molecule has 2 aromatic carbocycles. The van der Waals surface area contributed by atoms with Crippen LogP contribution in [-0.2, 0) is 6.42 Å². The van der Waals surface area contributed by atoms with E-state index in [1.54, 1.807) is 18.2 Å². The van der Waals surface area contributed by atoms with Gasteiger partial charge >= 0.3 is 0 Å². The van der Waals surface area contributed by atoms with Crippen LogP contribution in [0.15, 0.2) is 48.5 Å². The lowest BCUT2D eigenvalue weighted by molar-refractivity contribution is 0.0915. The van der Waals surface area contributed by atoms with Gasteiger partial charge in [0.15, 0.2) is 0 Å². The smallest absolute Gasteiger partial charge is 0.251 e. The Morgan fingerprint density at radius 2 is 2.00 bits per heavy atom. The molecule has 0 aliphatic rings. The Morgan fingerprint density at radius 3 is 2.68 bits per heavy atom. The van der Waals surface area contributed by atoms with Crippen LogP contribution < -0.4 is 10.1 Å². The van der Waals surface area contributed by atoms with Crippen molar-refractivity contribution in [3.8, 4) is 5.75 Å². The van der Waals surface area contributed by atoms with Crippen LogP contribution in [0.4, 0.5) is 0 Å². The van der Waals surface area contributed by atoms with Gasteiger partial charge in [0.25, 0.3) is 5.91 Å². The SMILES string of the molecule is COc1cc(C(=O)NCC(O)Cc2ccccc2)ccc1Cl. The van der Waals surface area contributed by atoms with Crippen molar-refractivity contribution >= 4 is 17.5 Å². The molecule has 0 saturated carbocycles. The summed E-state index contributed by atoms with van der Waals surface area (Å²) in [5.41, 5.74) is 1.46. The highest BCUT2D eigenvalue weighted by molar-refractivity contribution is 6.32. The third-order valence-electron chi connectivity index (χ3n) is 3.23. The number of hydrogen-bond donors (Lipinski definition) is 2. The number of rotatable bonds is 6. The molecule has 0 aromatic heterocycles. The van der Waals surface area contributed by atoms with Crippen LogP contribution >= 0.6 is 11.6 Å². The molecule has 2 N–H and O–H groups in total. The highest BCUT2D eigenvalue weighted by Crippen LogP contribution is 2.24. The molecule has 0 aliphatic carbocycles. The fourth-order valence-corrected chi connectivity index (χ4v) is 2.27. The topological polar surface area (TPSA) is 58.6 Å². The second kappa shape index (κ2) is 7.82. The van der Waals surface area contributed by atoms with Gasteiger partial charge in [-0.25, -0.2) is 0 Å². The van der Waals surface area contributed by atoms with Crippen molar-refractivity contribution in [2.75, 3.05) is 13.7 Å². The summed E-state index contributed by atoms with van der Waals surface area (Å²) in [6.45, 7) is 0.179. The van der Waals surface area contributed by atoms with E-state index in [-0.39, 0.29) is 12.5 Å². The predicted octanol–water partition coefficient (Wildman–Crippen LogP) is 2.68. The van der Waals surface area contributed by atoms with E-state index < -0.39 is 6.10 Å². The molecule has 4 nitrogen and oxygen atoms in total. The van der Waals surface area contributed by atoms with Crippen LogP contribution in [-0.4, -0.2) is 30.8 Å². The zero-order valence-corrected chi connectivity index (χ0v) is 13.0. The van der Waals surface area contributed by atoms with Crippen LogP contribution in [0.1, 0.15) is 15.9 Å². The van der Waals surface area contributed by atoms with Gasteiger partial charge in [0, 0.05) is 18.5 Å². The van der Waals surface area contributed by atoms with Gasteiger partial charge in [-0.15, -0.1) is 0 Å². The minimum absolute atomic E-state index is 0.179. The number of benzene rings is 2. The number of hydrogen-bond acceptors (Lipinski definition) is 3. The van der Waals surface area contributed by atoms with Gasteiger partial charge in [0.2, 0.25) is 0 Å². The molecule has 2 aromatic rings. The molecule has 0 heterocycles. The maximum absolute atomic E-state index is 12.1. The first-order valence-corrected chi connectivity index (χ1v) is 7.31. The minimum Gasteiger partial charge on any atom is -0.495 e. The Labute approximate surface area is 134 Å². The van der Waals surface area contributed by atoms with E-state index in [1.165, 1.54) is 7.11 Å². The number of carbonyl (C=O) groups excluding carboxylic acids is 1. The number of nitrogens with one attached hydrogen (secondary N) is 1. The monoisotopic (exact) mass is 319 g/mol. The minimum atomic E-state index is -0.638. The zero-order chi connectivity index (χ0) is 15.9. The number of carbonyl (C=O) groups is 1. The van der Waals surface area contributed by atoms with E-state index in [0.29, 0.717) is 22.8 Å². The highest BCUT2D eigenvalue weighted by Gasteiger charge is 2.11. The number of aliphatic hydroxyl groups is 1. The average molecular weight is 320 g/mol. The van der Waals surface area contributed by atoms with Gasteiger partial charge in [-0.05, 0) is 23.8 Å². The highest BCUT2D eigenvalue weighted by atomic mass is 35.5. The average Bonchev–Trinajstić information content (AvgIpc) is 2.54. The lowest BCUT2D eigenvalue weighted by atomic mass is 10.1. The Kier molecular flexibility index (Phi) is 5.81. The zero-order valence-electron chi connectivity index (χ0n) is 12.3. The number of aliphatic hydroxyl groups excluding tert-OH is 1. The van der Waals surface area contributed by atoms with Crippen LogP contribution in [0.3, 0.4) is 0 Å². The molecule has 0 aliphatic heterocycles. The first-order chi connectivity index (χ1) is 10.6. The largest absolute Gasteiger partial charge is 0.495 e. The van der Waals surface area contributed by atoms with Crippen molar-refractivity contribution in [2.45, 2.75) is 12.5 Å². The first-order valence-electron chi connectivity index (χ1n) is 6.94. The number of methoxy groups -OCH3 is 1. The Balaban J connectivity index is 1.89. The molecular formula is C17H18ClNO3. The molecular weight excluding hydrogens is 302 g/mol. The summed E-state index contributed by atoms with van der Waals surface area (Å²) in [6, 6.07) is 14.4. The standard InChI is InChI=1S/C17H18ClNO3/c1-22-16-10-13(7-8-15(16)18)17(21)19-11-14(20)9-12-5-3-2-4-6-12/h2-8,10,14,20H,9,11H2,1H3,(H,19,21). The number of halogens is 1. The summed E-state index contributed by atoms with van der Waals surface area (Å²) >= 11 is 5.92. The van der Waals surface area contributed by atoms with Crippen LogP contribution in [0, 0.1) is 0 Å². The molecule has 1 amide bonds. The van der Waals surface area contributed by atoms with Crippen LogP contribution in [0.2, 0.25) is 5.02 Å². The summed E-state index contributed by atoms with van der Waals surface area (Å²) in [6.07, 6.45) is -0.147. The lowest BCUT2D eigenvalue weighted by Gasteiger charge is -2.12. The number of amides is 1. The molecule has 5 heteroatoms. The van der Waals surface area contributed by atoms with E-state index in [1.807, 2.05) is 30.3 Å². The number of ether oxygens (including phenoxy) is 1. The molecule has 1 atom stereocenters. The van der Waals surface area contributed by atoms with Crippen molar-refractivity contribution in [3.63, 3.8) is 0 Å². The van der Waals surface area contributed by atoms with E-state index in [9.17, 15) is 9.90 Å². The second-order valence-corrected chi connectivity index (χ2v) is 5.31. The molecule has 1 unspecified atom stereocenters. The van der Waals surface area contributed by atoms with Gasteiger partial charge in [-0.1, -0.05) is 41.9 Å². The van der Waals surface area contributed by atoms with Crippen molar-refractivity contribution in [1.29, 1.82) is 0 Å². The molecule has 0 spiro atoms. The summed E-state index contributed by atoms with van der Waals surface area (Å²) < 4.78 is 5.08. The summed E-state index contributed by atoms with van der Waals surface area (Å²) in [5, 5.41) is 13.1. The first kappa shape index (κ1) is 16.3. The third-order valence-corrected chi connectivity index (χ3v) is 3.54. The molecule has 0 saturated heterocycles. The molecule has 116 valence electrons. The molecule has 0 radical (unpaired) electrons. The maximum atomic E-state index is 12.1. The van der Waals surface area contributed by atoms with Crippen LogP contribution in [0.5, 0.6) is 5.75 Å². The van der Waals surface area contributed by atoms with Crippen LogP contribution in [0.25, 0.3) is 0 Å². The molecule has 0 bridgehead atoms. The maximum Gasteiger partial charge on any atom is 0.251 e. The quantitative estimate of drug-likeness (QED) is 0.860. The van der Waals surface area contributed by atoms with Gasteiger partial charge in [0.1, 0.15) is 5.75 Å².